The van der Waals surface area contributed by atoms with Crippen LogP contribution in [0.3, 0.4) is 0 Å². The van der Waals surface area contributed by atoms with Gasteiger partial charge in [0.15, 0.2) is 0 Å². The van der Waals surface area contributed by atoms with E-state index in [0.717, 1.165) is 5.69 Å². The van der Waals surface area contributed by atoms with Crippen molar-refractivity contribution in [3.63, 3.8) is 0 Å². The highest BCUT2D eigenvalue weighted by molar-refractivity contribution is 7.11. The number of aromatic nitrogens is 1. The standard InChI is InChI=1S/C8H9NO2S/c1-11-8(10)7-9-6(4-12-7)5-2-3-5/h4-5H,2-3H2,1H3. The van der Waals surface area contributed by atoms with Crippen LogP contribution in [0.15, 0.2) is 5.38 Å². The van der Waals surface area contributed by atoms with E-state index in [1.54, 1.807) is 0 Å². The van der Waals surface area contributed by atoms with E-state index in [-0.39, 0.29) is 5.97 Å². The maximum Gasteiger partial charge on any atom is 0.367 e. The fourth-order valence-corrected chi connectivity index (χ4v) is 1.85. The quantitative estimate of drug-likeness (QED) is 0.656. The van der Waals surface area contributed by atoms with E-state index in [4.69, 9.17) is 0 Å². The first-order chi connectivity index (χ1) is 5.81. The Morgan fingerprint density at radius 3 is 3.08 bits per heavy atom. The molecule has 0 spiro atoms. The summed E-state index contributed by atoms with van der Waals surface area (Å²) in [5.41, 5.74) is 1.06. The summed E-state index contributed by atoms with van der Waals surface area (Å²) in [5, 5.41) is 2.42. The molecule has 1 aromatic rings. The monoisotopic (exact) mass is 183 g/mol. The van der Waals surface area contributed by atoms with Crippen molar-refractivity contribution in [3.05, 3.63) is 16.1 Å². The third kappa shape index (κ3) is 1.34. The number of carbonyl (C=O) groups is 1. The number of rotatable bonds is 2. The van der Waals surface area contributed by atoms with Gasteiger partial charge in [0.2, 0.25) is 5.01 Å². The summed E-state index contributed by atoms with van der Waals surface area (Å²) < 4.78 is 4.56. The van der Waals surface area contributed by atoms with Crippen molar-refractivity contribution in [2.75, 3.05) is 7.11 Å². The molecule has 0 bridgehead atoms. The van der Waals surface area contributed by atoms with Crippen LogP contribution in [0.4, 0.5) is 0 Å². The smallest absolute Gasteiger partial charge is 0.367 e. The molecule has 12 heavy (non-hydrogen) atoms. The topological polar surface area (TPSA) is 39.2 Å². The van der Waals surface area contributed by atoms with Gasteiger partial charge in [0, 0.05) is 11.3 Å². The molecule has 0 saturated heterocycles. The van der Waals surface area contributed by atoms with Crippen LogP contribution in [0.5, 0.6) is 0 Å². The van der Waals surface area contributed by atoms with Crippen molar-refractivity contribution in [2.45, 2.75) is 18.8 Å². The molecular weight excluding hydrogens is 174 g/mol. The zero-order valence-electron chi connectivity index (χ0n) is 6.74. The highest BCUT2D eigenvalue weighted by atomic mass is 32.1. The van der Waals surface area contributed by atoms with Crippen LogP contribution in [0.25, 0.3) is 0 Å². The number of methoxy groups -OCH3 is 1. The lowest BCUT2D eigenvalue weighted by Crippen LogP contribution is -2.00. The van der Waals surface area contributed by atoms with Crippen LogP contribution >= 0.6 is 11.3 Å². The van der Waals surface area contributed by atoms with Gasteiger partial charge in [0.05, 0.1) is 12.8 Å². The van der Waals surface area contributed by atoms with Crippen LogP contribution in [0.1, 0.15) is 34.3 Å². The normalized spacial score (nSPS) is 16.1. The summed E-state index contributed by atoms with van der Waals surface area (Å²) in [6.45, 7) is 0. The molecule has 0 amide bonds. The van der Waals surface area contributed by atoms with E-state index < -0.39 is 0 Å². The van der Waals surface area contributed by atoms with Gasteiger partial charge in [-0.05, 0) is 12.8 Å². The summed E-state index contributed by atoms with van der Waals surface area (Å²) in [7, 11) is 1.38. The molecule has 0 radical (unpaired) electrons. The van der Waals surface area contributed by atoms with Crippen molar-refractivity contribution in [2.24, 2.45) is 0 Å². The molecule has 1 aliphatic rings. The molecule has 0 atom stereocenters. The third-order valence-electron chi connectivity index (χ3n) is 1.88. The van der Waals surface area contributed by atoms with E-state index in [1.807, 2.05) is 5.38 Å². The average Bonchev–Trinajstić information content (AvgIpc) is 2.83. The predicted molar refractivity (Wildman–Crippen MR) is 45.4 cm³/mol. The number of nitrogens with zero attached hydrogens (tertiary/aromatic N) is 1. The molecule has 1 saturated carbocycles. The summed E-state index contributed by atoms with van der Waals surface area (Å²) in [6, 6.07) is 0. The molecule has 1 heterocycles. The molecule has 0 aliphatic heterocycles. The predicted octanol–water partition coefficient (Wildman–Crippen LogP) is 1.81. The molecule has 64 valence electrons. The Kier molecular flexibility index (Phi) is 1.84. The fourth-order valence-electron chi connectivity index (χ4n) is 1.03. The first-order valence-corrected chi connectivity index (χ1v) is 4.73. The molecule has 1 aliphatic carbocycles. The minimum Gasteiger partial charge on any atom is -0.464 e. The van der Waals surface area contributed by atoms with E-state index >= 15 is 0 Å². The zero-order valence-corrected chi connectivity index (χ0v) is 7.56. The van der Waals surface area contributed by atoms with Crippen molar-refractivity contribution in [1.29, 1.82) is 0 Å². The van der Waals surface area contributed by atoms with Gasteiger partial charge in [0.1, 0.15) is 0 Å². The summed E-state index contributed by atoms with van der Waals surface area (Å²) in [4.78, 5) is 15.2. The lowest BCUT2D eigenvalue weighted by molar-refractivity contribution is 0.0600. The van der Waals surface area contributed by atoms with Crippen molar-refractivity contribution in [1.82, 2.24) is 4.98 Å². The van der Waals surface area contributed by atoms with E-state index in [1.165, 1.54) is 31.3 Å². The molecule has 3 nitrogen and oxygen atoms in total. The molecule has 1 fully saturated rings. The highest BCUT2D eigenvalue weighted by Gasteiger charge is 2.27. The lowest BCUT2D eigenvalue weighted by atomic mass is 10.3. The third-order valence-corrected chi connectivity index (χ3v) is 2.72. The number of ether oxygens (including phenoxy) is 1. The molecule has 4 heteroatoms. The molecule has 0 N–H and O–H groups in total. The maximum atomic E-state index is 11.0. The van der Waals surface area contributed by atoms with E-state index in [9.17, 15) is 4.79 Å². The second-order valence-electron chi connectivity index (χ2n) is 2.84. The van der Waals surface area contributed by atoms with Crippen LogP contribution in [0.2, 0.25) is 0 Å². The Balaban J connectivity index is 2.17. The number of carbonyl (C=O) groups excluding carboxylic acids is 1. The van der Waals surface area contributed by atoms with Crippen LogP contribution < -0.4 is 0 Å². The minimum absolute atomic E-state index is 0.327. The first-order valence-electron chi connectivity index (χ1n) is 3.85. The van der Waals surface area contributed by atoms with Crippen molar-refractivity contribution < 1.29 is 9.53 Å². The van der Waals surface area contributed by atoms with Gasteiger partial charge >= 0.3 is 5.97 Å². The van der Waals surface area contributed by atoms with Gasteiger partial charge in [-0.15, -0.1) is 11.3 Å². The summed E-state index contributed by atoms with van der Waals surface area (Å²) in [6.07, 6.45) is 2.43. The van der Waals surface area contributed by atoms with Gasteiger partial charge in [-0.3, -0.25) is 0 Å². The SMILES string of the molecule is COC(=O)c1nc(C2CC2)cs1. The minimum atomic E-state index is -0.327. The largest absolute Gasteiger partial charge is 0.464 e. The Labute approximate surface area is 74.4 Å². The maximum absolute atomic E-state index is 11.0. The van der Waals surface area contributed by atoms with Gasteiger partial charge in [-0.1, -0.05) is 0 Å². The highest BCUT2D eigenvalue weighted by Crippen LogP contribution is 2.40. The average molecular weight is 183 g/mol. The van der Waals surface area contributed by atoms with Gasteiger partial charge in [-0.2, -0.15) is 0 Å². The number of hydrogen-bond donors (Lipinski definition) is 0. The first kappa shape index (κ1) is 7.73. The van der Waals surface area contributed by atoms with E-state index in [2.05, 4.69) is 9.72 Å². The zero-order chi connectivity index (χ0) is 8.55. The molecule has 2 rings (SSSR count). The Morgan fingerprint density at radius 1 is 1.75 bits per heavy atom. The number of thiazole rings is 1. The Morgan fingerprint density at radius 2 is 2.50 bits per heavy atom. The second kappa shape index (κ2) is 2.86. The van der Waals surface area contributed by atoms with Crippen LogP contribution in [0, 0.1) is 0 Å². The molecular formula is C8H9NO2S. The summed E-state index contributed by atoms with van der Waals surface area (Å²) in [5.74, 6) is 0.284. The molecule has 0 unspecified atom stereocenters. The number of esters is 1. The van der Waals surface area contributed by atoms with Crippen molar-refractivity contribution in [3.8, 4) is 0 Å². The van der Waals surface area contributed by atoms with Crippen molar-refractivity contribution >= 4 is 17.3 Å². The fraction of sp³-hybridized carbons (Fsp3) is 0.500. The van der Waals surface area contributed by atoms with Gasteiger partial charge < -0.3 is 4.74 Å². The molecule has 0 aromatic carbocycles. The summed E-state index contributed by atoms with van der Waals surface area (Å²) >= 11 is 1.36. The lowest BCUT2D eigenvalue weighted by Gasteiger charge is -1.90. The second-order valence-corrected chi connectivity index (χ2v) is 3.70. The van der Waals surface area contributed by atoms with Gasteiger partial charge in [0.25, 0.3) is 0 Å². The number of hydrogen-bond acceptors (Lipinski definition) is 4. The Bertz CT molecular complexity index is 304. The van der Waals surface area contributed by atoms with Crippen LogP contribution in [-0.4, -0.2) is 18.1 Å². The van der Waals surface area contributed by atoms with Crippen LogP contribution in [-0.2, 0) is 4.74 Å². The Hall–Kier alpha value is -0.900. The van der Waals surface area contributed by atoms with E-state index in [0.29, 0.717) is 10.9 Å². The van der Waals surface area contributed by atoms with Gasteiger partial charge in [-0.25, -0.2) is 9.78 Å². The molecule has 1 aromatic heterocycles.